The van der Waals surface area contributed by atoms with Crippen LogP contribution < -0.4 is 0 Å². The lowest BCUT2D eigenvalue weighted by Crippen LogP contribution is -2.19. The second-order valence-corrected chi connectivity index (χ2v) is 5.34. The zero-order chi connectivity index (χ0) is 10.6. The smallest absolute Gasteiger partial charge is 0.310 e. The van der Waals surface area contributed by atoms with Gasteiger partial charge in [-0.15, -0.1) is 11.8 Å². The summed E-state index contributed by atoms with van der Waals surface area (Å²) >= 11 is 1.65. The molecule has 78 valence electrons. The van der Waals surface area contributed by atoms with Crippen LogP contribution in [0, 0.1) is 0 Å². The van der Waals surface area contributed by atoms with Crippen molar-refractivity contribution in [1.29, 1.82) is 0 Å². The standard InChI is InChI=1S/C10H15NO2S/c1-4-13-9(12)5-8-6-11-7-10(2,3)14-8/h6-7H,4-5H2,1-3H3. The summed E-state index contributed by atoms with van der Waals surface area (Å²) in [7, 11) is 0. The maximum Gasteiger partial charge on any atom is 0.310 e. The Morgan fingerprint density at radius 3 is 2.93 bits per heavy atom. The number of carbonyl (C=O) groups is 1. The molecule has 1 aliphatic rings. The van der Waals surface area contributed by atoms with E-state index in [0.29, 0.717) is 13.0 Å². The van der Waals surface area contributed by atoms with Crippen LogP contribution in [0.3, 0.4) is 0 Å². The second kappa shape index (κ2) is 4.64. The van der Waals surface area contributed by atoms with Gasteiger partial charge in [0.05, 0.1) is 13.0 Å². The fraction of sp³-hybridized carbons (Fsp3) is 0.600. The van der Waals surface area contributed by atoms with Gasteiger partial charge in [-0.2, -0.15) is 0 Å². The van der Waals surface area contributed by atoms with Crippen LogP contribution in [0.4, 0.5) is 0 Å². The molecule has 4 heteroatoms. The first-order valence-electron chi connectivity index (χ1n) is 4.61. The fourth-order valence-electron chi connectivity index (χ4n) is 1.13. The average Bonchev–Trinajstić information content (AvgIpc) is 2.02. The third-order valence-corrected chi connectivity index (χ3v) is 2.77. The van der Waals surface area contributed by atoms with Crippen molar-refractivity contribution in [2.24, 2.45) is 4.99 Å². The summed E-state index contributed by atoms with van der Waals surface area (Å²) in [5.41, 5.74) is 0. The van der Waals surface area contributed by atoms with Gasteiger partial charge in [0.15, 0.2) is 0 Å². The van der Waals surface area contributed by atoms with Crippen molar-refractivity contribution >= 4 is 23.9 Å². The lowest BCUT2D eigenvalue weighted by molar-refractivity contribution is -0.142. The molecule has 0 aliphatic carbocycles. The van der Waals surface area contributed by atoms with Gasteiger partial charge in [-0.3, -0.25) is 9.79 Å². The summed E-state index contributed by atoms with van der Waals surface area (Å²) in [5.74, 6) is -0.181. The van der Waals surface area contributed by atoms with Crippen molar-refractivity contribution in [3.05, 3.63) is 11.1 Å². The van der Waals surface area contributed by atoms with Crippen LogP contribution in [0.1, 0.15) is 27.2 Å². The Kier molecular flexibility index (Phi) is 3.75. The molecular formula is C10H15NO2S. The van der Waals surface area contributed by atoms with Gasteiger partial charge in [0.2, 0.25) is 0 Å². The second-order valence-electron chi connectivity index (χ2n) is 3.56. The van der Waals surface area contributed by atoms with Crippen molar-refractivity contribution in [3.8, 4) is 0 Å². The molecule has 1 rings (SSSR count). The fourth-order valence-corrected chi connectivity index (χ4v) is 2.22. The average molecular weight is 213 g/mol. The molecule has 1 aliphatic heterocycles. The number of esters is 1. The van der Waals surface area contributed by atoms with Crippen molar-refractivity contribution < 1.29 is 9.53 Å². The van der Waals surface area contributed by atoms with Gasteiger partial charge in [0.1, 0.15) is 0 Å². The molecule has 0 saturated heterocycles. The number of hydrogen-bond donors (Lipinski definition) is 0. The molecule has 0 saturated carbocycles. The number of nitrogens with zero attached hydrogens (tertiary/aromatic N) is 1. The Morgan fingerprint density at radius 2 is 2.36 bits per heavy atom. The molecule has 0 unspecified atom stereocenters. The highest BCUT2D eigenvalue weighted by molar-refractivity contribution is 8.05. The highest BCUT2D eigenvalue weighted by Crippen LogP contribution is 2.34. The molecular weight excluding hydrogens is 198 g/mol. The summed E-state index contributed by atoms with van der Waals surface area (Å²) in [4.78, 5) is 16.3. The van der Waals surface area contributed by atoms with Crippen LogP contribution >= 0.6 is 11.8 Å². The van der Waals surface area contributed by atoms with E-state index in [1.54, 1.807) is 18.0 Å². The molecule has 0 amide bonds. The van der Waals surface area contributed by atoms with E-state index in [2.05, 4.69) is 18.8 Å². The molecule has 0 fully saturated rings. The Labute approximate surface area is 88.6 Å². The summed E-state index contributed by atoms with van der Waals surface area (Å²) in [5, 5.41) is 0. The highest BCUT2D eigenvalue weighted by Gasteiger charge is 2.22. The number of aliphatic imine (C=N–C) groups is 1. The van der Waals surface area contributed by atoms with Crippen molar-refractivity contribution in [3.63, 3.8) is 0 Å². The van der Waals surface area contributed by atoms with Gasteiger partial charge in [-0.05, 0) is 20.8 Å². The maximum absolute atomic E-state index is 11.2. The minimum Gasteiger partial charge on any atom is -0.466 e. The topological polar surface area (TPSA) is 38.7 Å². The molecule has 0 aromatic rings. The van der Waals surface area contributed by atoms with E-state index in [0.717, 1.165) is 4.91 Å². The monoisotopic (exact) mass is 213 g/mol. The number of rotatable bonds is 3. The first-order chi connectivity index (χ1) is 6.53. The first-order valence-corrected chi connectivity index (χ1v) is 5.43. The highest BCUT2D eigenvalue weighted by atomic mass is 32.2. The van der Waals surface area contributed by atoms with Crippen LogP contribution in [-0.2, 0) is 9.53 Å². The number of thioether (sulfide) groups is 1. The Hall–Kier alpha value is -0.770. The predicted octanol–water partition coefficient (Wildman–Crippen LogP) is 2.38. The number of hydrogen-bond acceptors (Lipinski definition) is 4. The van der Waals surface area contributed by atoms with Crippen LogP contribution in [0.25, 0.3) is 0 Å². The predicted molar refractivity (Wildman–Crippen MR) is 59.5 cm³/mol. The third-order valence-electron chi connectivity index (χ3n) is 1.62. The van der Waals surface area contributed by atoms with Crippen molar-refractivity contribution in [1.82, 2.24) is 0 Å². The van der Waals surface area contributed by atoms with Gasteiger partial charge in [-0.1, -0.05) is 0 Å². The largest absolute Gasteiger partial charge is 0.466 e. The normalized spacial score (nSPS) is 18.9. The first kappa shape index (κ1) is 11.3. The van der Waals surface area contributed by atoms with E-state index in [1.807, 2.05) is 13.1 Å². The van der Waals surface area contributed by atoms with Gasteiger partial charge in [-0.25, -0.2) is 0 Å². The zero-order valence-corrected chi connectivity index (χ0v) is 9.56. The summed E-state index contributed by atoms with van der Waals surface area (Å²) in [6.07, 6.45) is 3.94. The zero-order valence-electron chi connectivity index (χ0n) is 8.74. The molecule has 0 spiro atoms. The van der Waals surface area contributed by atoms with Crippen LogP contribution in [0.2, 0.25) is 0 Å². The van der Waals surface area contributed by atoms with Crippen molar-refractivity contribution in [2.75, 3.05) is 6.61 Å². The van der Waals surface area contributed by atoms with E-state index in [4.69, 9.17) is 4.74 Å². The van der Waals surface area contributed by atoms with Crippen LogP contribution in [0.15, 0.2) is 16.1 Å². The van der Waals surface area contributed by atoms with Gasteiger partial charge in [0.25, 0.3) is 0 Å². The van der Waals surface area contributed by atoms with Gasteiger partial charge in [0, 0.05) is 22.1 Å². The minimum absolute atomic E-state index is 0.0173. The van der Waals surface area contributed by atoms with Crippen LogP contribution in [0.5, 0.6) is 0 Å². The van der Waals surface area contributed by atoms with Crippen LogP contribution in [-0.4, -0.2) is 23.5 Å². The number of ether oxygens (including phenoxy) is 1. The third kappa shape index (κ3) is 3.54. The van der Waals surface area contributed by atoms with Gasteiger partial charge >= 0.3 is 5.97 Å². The molecule has 0 aromatic heterocycles. The van der Waals surface area contributed by atoms with Crippen molar-refractivity contribution in [2.45, 2.75) is 31.9 Å². The Bertz CT molecular complexity index is 282. The molecule has 1 heterocycles. The summed E-state index contributed by atoms with van der Waals surface area (Å²) in [6, 6.07) is 0. The molecule has 0 bridgehead atoms. The van der Waals surface area contributed by atoms with E-state index in [1.165, 1.54) is 0 Å². The SMILES string of the molecule is CCOC(=O)CC1=CN=CC(C)(C)S1. The Balaban J connectivity index is 2.51. The molecule has 0 radical (unpaired) electrons. The lowest BCUT2D eigenvalue weighted by atomic mass is 10.2. The van der Waals surface area contributed by atoms with E-state index in [9.17, 15) is 4.79 Å². The molecule has 0 aromatic carbocycles. The minimum atomic E-state index is -0.181. The molecule has 3 nitrogen and oxygen atoms in total. The molecule has 0 N–H and O–H groups in total. The van der Waals surface area contributed by atoms with E-state index in [-0.39, 0.29) is 10.7 Å². The maximum atomic E-state index is 11.2. The van der Waals surface area contributed by atoms with E-state index >= 15 is 0 Å². The lowest BCUT2D eigenvalue weighted by Gasteiger charge is -2.22. The van der Waals surface area contributed by atoms with E-state index < -0.39 is 0 Å². The number of carbonyl (C=O) groups excluding carboxylic acids is 1. The summed E-state index contributed by atoms with van der Waals surface area (Å²) < 4.78 is 4.85. The quantitative estimate of drug-likeness (QED) is 0.676. The Morgan fingerprint density at radius 1 is 1.64 bits per heavy atom. The molecule has 0 atom stereocenters. The molecule has 14 heavy (non-hydrogen) atoms. The summed E-state index contributed by atoms with van der Waals surface area (Å²) in [6.45, 7) is 6.38. The van der Waals surface area contributed by atoms with Gasteiger partial charge < -0.3 is 4.74 Å².